The molecule has 1 N–H and O–H groups in total. The number of likely N-dealkylation sites (N-methyl/N-ethyl adjacent to an activating group) is 1. The Balaban J connectivity index is 1.64. The smallest absolute Gasteiger partial charge is 0.255 e. The van der Waals surface area contributed by atoms with Gasteiger partial charge in [-0.2, -0.15) is 0 Å². The minimum absolute atomic E-state index is 0.148. The van der Waals surface area contributed by atoms with Crippen molar-refractivity contribution in [2.24, 2.45) is 0 Å². The molecule has 0 spiro atoms. The minimum Gasteiger partial charge on any atom is -0.386 e. The van der Waals surface area contributed by atoms with Gasteiger partial charge >= 0.3 is 0 Å². The van der Waals surface area contributed by atoms with Crippen LogP contribution in [0.5, 0.6) is 0 Å². The number of aliphatic hydroxyl groups is 1. The lowest BCUT2D eigenvalue weighted by atomic mass is 10.0. The van der Waals surface area contributed by atoms with Gasteiger partial charge < -0.3 is 14.9 Å². The Bertz CT molecular complexity index is 707. The zero-order chi connectivity index (χ0) is 17.2. The zero-order valence-electron chi connectivity index (χ0n) is 13.9. The molecule has 7 nitrogen and oxygen atoms in total. The highest BCUT2D eigenvalue weighted by Crippen LogP contribution is 2.25. The highest BCUT2D eigenvalue weighted by atomic mass is 16.3. The first-order valence-electron chi connectivity index (χ1n) is 7.89. The quantitative estimate of drug-likeness (QED) is 0.898. The molecule has 0 aromatic carbocycles. The van der Waals surface area contributed by atoms with Crippen LogP contribution in [-0.4, -0.2) is 63.1 Å². The van der Waals surface area contributed by atoms with Crippen molar-refractivity contribution >= 4 is 11.9 Å². The topological polar surface area (TPSA) is 82.5 Å². The summed E-state index contributed by atoms with van der Waals surface area (Å²) in [6.45, 7) is 3.19. The first-order chi connectivity index (χ1) is 11.5. The Labute approximate surface area is 141 Å². The number of amides is 1. The van der Waals surface area contributed by atoms with Crippen LogP contribution in [-0.2, 0) is 0 Å². The van der Waals surface area contributed by atoms with E-state index in [1.54, 1.807) is 48.7 Å². The predicted octanol–water partition coefficient (Wildman–Crippen LogP) is 0.893. The summed E-state index contributed by atoms with van der Waals surface area (Å²) in [6.07, 6.45) is 5.49. The number of aryl methyl sites for hydroxylation is 1. The predicted molar refractivity (Wildman–Crippen MR) is 89.7 cm³/mol. The van der Waals surface area contributed by atoms with E-state index < -0.39 is 5.60 Å². The molecular weight excluding hydrogens is 306 g/mol. The van der Waals surface area contributed by atoms with Crippen molar-refractivity contribution in [3.05, 3.63) is 48.0 Å². The molecule has 0 aliphatic carbocycles. The molecule has 1 amide bonds. The van der Waals surface area contributed by atoms with E-state index in [4.69, 9.17) is 0 Å². The third-order valence-corrected chi connectivity index (χ3v) is 4.20. The maximum atomic E-state index is 12.5. The van der Waals surface area contributed by atoms with Crippen molar-refractivity contribution in [1.29, 1.82) is 0 Å². The number of carbonyl (C=O) groups is 1. The number of β-amino-alcohol motifs (C(OH)–C–C–N with tert-alkyl or cyclic N) is 1. The second kappa shape index (κ2) is 6.52. The number of carbonyl (C=O) groups excluding carboxylic acids is 1. The minimum atomic E-state index is -0.970. The van der Waals surface area contributed by atoms with Crippen LogP contribution in [0, 0.1) is 6.92 Å². The molecule has 1 unspecified atom stereocenters. The third-order valence-electron chi connectivity index (χ3n) is 4.20. The lowest BCUT2D eigenvalue weighted by Gasteiger charge is -2.29. The van der Waals surface area contributed by atoms with Gasteiger partial charge in [-0.1, -0.05) is 0 Å². The van der Waals surface area contributed by atoms with E-state index in [2.05, 4.69) is 15.0 Å². The number of hydrogen-bond donors (Lipinski definition) is 1. The van der Waals surface area contributed by atoms with E-state index in [9.17, 15) is 9.90 Å². The van der Waals surface area contributed by atoms with Gasteiger partial charge in [0.15, 0.2) is 0 Å². The van der Waals surface area contributed by atoms with Gasteiger partial charge in [-0.3, -0.25) is 9.78 Å². The molecule has 0 bridgehead atoms. The van der Waals surface area contributed by atoms with Crippen LogP contribution in [0.4, 0.5) is 5.95 Å². The van der Waals surface area contributed by atoms with Crippen molar-refractivity contribution in [3.8, 4) is 0 Å². The van der Waals surface area contributed by atoms with Crippen molar-refractivity contribution in [3.63, 3.8) is 0 Å². The molecule has 1 aliphatic rings. The molecule has 126 valence electrons. The molecule has 2 aromatic rings. The SMILES string of the molecule is Cc1ccc(C(=O)N(C)CC2(O)CCN(c3ncccn3)C2)cn1. The Morgan fingerprint density at radius 1 is 1.33 bits per heavy atom. The lowest BCUT2D eigenvalue weighted by Crippen LogP contribution is -2.46. The number of aromatic nitrogens is 3. The number of hydrogen-bond acceptors (Lipinski definition) is 6. The van der Waals surface area contributed by atoms with Crippen LogP contribution in [0.2, 0.25) is 0 Å². The number of anilines is 1. The Kier molecular flexibility index (Phi) is 4.44. The van der Waals surface area contributed by atoms with Gasteiger partial charge in [0.2, 0.25) is 5.95 Å². The fourth-order valence-electron chi connectivity index (χ4n) is 2.94. The van der Waals surface area contributed by atoms with Crippen LogP contribution in [0.15, 0.2) is 36.8 Å². The summed E-state index contributed by atoms with van der Waals surface area (Å²) in [4.78, 5) is 28.5. The first-order valence-corrected chi connectivity index (χ1v) is 7.89. The molecule has 3 rings (SSSR count). The summed E-state index contributed by atoms with van der Waals surface area (Å²) in [5.41, 5.74) is 0.414. The van der Waals surface area contributed by atoms with E-state index in [-0.39, 0.29) is 12.5 Å². The van der Waals surface area contributed by atoms with Gasteiger partial charge in [-0.25, -0.2) is 9.97 Å². The fraction of sp³-hybridized carbons (Fsp3) is 0.412. The van der Waals surface area contributed by atoms with E-state index in [1.807, 2.05) is 11.8 Å². The van der Waals surface area contributed by atoms with Crippen molar-refractivity contribution in [1.82, 2.24) is 19.9 Å². The molecule has 1 atom stereocenters. The highest BCUT2D eigenvalue weighted by molar-refractivity contribution is 5.93. The van der Waals surface area contributed by atoms with Crippen LogP contribution in [0.1, 0.15) is 22.5 Å². The summed E-state index contributed by atoms with van der Waals surface area (Å²) in [5, 5.41) is 10.8. The molecule has 0 radical (unpaired) electrons. The average molecular weight is 327 g/mol. The Hall–Kier alpha value is -2.54. The van der Waals surface area contributed by atoms with Gasteiger partial charge in [-0.05, 0) is 31.5 Å². The molecule has 1 saturated heterocycles. The maximum Gasteiger partial charge on any atom is 0.255 e. The normalized spacial score (nSPS) is 20.2. The molecule has 7 heteroatoms. The standard InChI is InChI=1S/C17H21N5O2/c1-13-4-5-14(10-20-13)15(23)21(2)11-17(24)6-9-22(12-17)16-18-7-3-8-19-16/h3-5,7-8,10,24H,6,9,11-12H2,1-2H3. The zero-order valence-corrected chi connectivity index (χ0v) is 13.9. The number of nitrogens with zero attached hydrogens (tertiary/aromatic N) is 5. The molecule has 3 heterocycles. The molecule has 2 aromatic heterocycles. The average Bonchev–Trinajstić information content (AvgIpc) is 2.97. The van der Waals surface area contributed by atoms with Crippen molar-refractivity contribution < 1.29 is 9.90 Å². The van der Waals surface area contributed by atoms with Gasteiger partial charge in [0.1, 0.15) is 5.60 Å². The molecule has 1 aliphatic heterocycles. The summed E-state index contributed by atoms with van der Waals surface area (Å²) in [5.74, 6) is 0.454. The summed E-state index contributed by atoms with van der Waals surface area (Å²) in [6, 6.07) is 5.32. The maximum absolute atomic E-state index is 12.5. The number of pyridine rings is 1. The van der Waals surface area contributed by atoms with Crippen LogP contribution >= 0.6 is 0 Å². The highest BCUT2D eigenvalue weighted by Gasteiger charge is 2.39. The number of rotatable bonds is 4. The Morgan fingerprint density at radius 2 is 2.08 bits per heavy atom. The van der Waals surface area contributed by atoms with Crippen LogP contribution < -0.4 is 4.90 Å². The van der Waals surface area contributed by atoms with Gasteiger partial charge in [0, 0.05) is 37.9 Å². The van der Waals surface area contributed by atoms with Crippen LogP contribution in [0.25, 0.3) is 0 Å². The monoisotopic (exact) mass is 327 g/mol. The van der Waals surface area contributed by atoms with Gasteiger partial charge in [0.05, 0.1) is 18.7 Å². The van der Waals surface area contributed by atoms with Crippen LogP contribution in [0.3, 0.4) is 0 Å². The lowest BCUT2D eigenvalue weighted by molar-refractivity contribution is 0.0264. The van der Waals surface area contributed by atoms with Crippen molar-refractivity contribution in [2.45, 2.75) is 18.9 Å². The fourth-order valence-corrected chi connectivity index (χ4v) is 2.94. The molecule has 0 saturated carbocycles. The van der Waals surface area contributed by atoms with E-state index in [0.717, 1.165) is 5.69 Å². The second-order valence-electron chi connectivity index (χ2n) is 6.29. The summed E-state index contributed by atoms with van der Waals surface area (Å²) < 4.78 is 0. The summed E-state index contributed by atoms with van der Waals surface area (Å²) >= 11 is 0. The third kappa shape index (κ3) is 3.51. The van der Waals surface area contributed by atoms with Gasteiger partial charge in [0.25, 0.3) is 5.91 Å². The largest absolute Gasteiger partial charge is 0.386 e. The molecular formula is C17H21N5O2. The summed E-state index contributed by atoms with van der Waals surface area (Å²) in [7, 11) is 1.70. The van der Waals surface area contributed by atoms with E-state index in [1.165, 1.54) is 0 Å². The Morgan fingerprint density at radius 3 is 2.75 bits per heavy atom. The first kappa shape index (κ1) is 16.3. The van der Waals surface area contributed by atoms with Gasteiger partial charge in [-0.15, -0.1) is 0 Å². The van der Waals surface area contributed by atoms with Crippen molar-refractivity contribution in [2.75, 3.05) is 31.6 Å². The molecule has 24 heavy (non-hydrogen) atoms. The van der Waals surface area contributed by atoms with E-state index in [0.29, 0.717) is 31.0 Å². The second-order valence-corrected chi connectivity index (χ2v) is 6.29. The molecule has 1 fully saturated rings. The van der Waals surface area contributed by atoms with E-state index >= 15 is 0 Å².